The number of piperidine rings is 1. The number of carbonyl (C=O) groups is 2. The molecule has 2 aliphatic heterocycles. The third-order valence-corrected chi connectivity index (χ3v) is 8.08. The van der Waals surface area contributed by atoms with Crippen molar-refractivity contribution >= 4 is 11.8 Å². The Balaban J connectivity index is 0.00000256. The first-order chi connectivity index (χ1) is 13.8. The van der Waals surface area contributed by atoms with Crippen LogP contribution in [0.5, 0.6) is 0 Å². The van der Waals surface area contributed by atoms with E-state index in [1.807, 2.05) is 0 Å². The normalized spacial score (nSPS) is 29.2. The fraction of sp³-hybridized carbons (Fsp3) is 0.667. The second kappa shape index (κ2) is 8.97. The average molecular weight is 433 g/mol. The molecule has 6 heteroatoms. The van der Waals surface area contributed by atoms with Crippen LogP contribution in [0.25, 0.3) is 0 Å². The predicted molar refractivity (Wildman–Crippen MR) is 114 cm³/mol. The van der Waals surface area contributed by atoms with Gasteiger partial charge in [-0.05, 0) is 36.8 Å². The number of nitrogens with zero attached hydrogens (tertiary/aromatic N) is 3. The second-order valence-electron chi connectivity index (χ2n) is 9.90. The number of rotatable bonds is 6. The van der Waals surface area contributed by atoms with Crippen LogP contribution >= 0.6 is 0 Å². The summed E-state index contributed by atoms with van der Waals surface area (Å²) in [7, 11) is 0. The zero-order chi connectivity index (χ0) is 20.6. The van der Waals surface area contributed by atoms with Gasteiger partial charge in [-0.2, -0.15) is 0 Å². The third-order valence-electron chi connectivity index (χ3n) is 8.08. The van der Waals surface area contributed by atoms with E-state index in [1.165, 1.54) is 5.56 Å². The molecule has 1 saturated carbocycles. The number of imide groups is 1. The molecule has 1 aromatic rings. The standard InChI is InChI=1S/C24H35N3O2.ClH/c1-23(2)20-10-11-24(23,3)22(29)27(21(20)28)13-7-12-25-14-16-26(17-15-25)18-19-8-5-4-6-9-19;/h4-6,8-9,20H,7,10-18H2,1-3H3;1H/p-1. The fourth-order valence-electron chi connectivity index (χ4n) is 5.58. The van der Waals surface area contributed by atoms with E-state index < -0.39 is 0 Å². The largest absolute Gasteiger partial charge is 1.00 e. The van der Waals surface area contributed by atoms with Gasteiger partial charge in [0.25, 0.3) is 0 Å². The number of fused-ring (bicyclic) bond motifs is 2. The Morgan fingerprint density at radius 3 is 2.23 bits per heavy atom. The molecule has 0 radical (unpaired) electrons. The Hall–Kier alpha value is -1.43. The van der Waals surface area contributed by atoms with Gasteiger partial charge in [0.2, 0.25) is 11.8 Å². The molecule has 166 valence electrons. The number of hydrogen-bond donors (Lipinski definition) is 0. The molecule has 0 aromatic heterocycles. The highest BCUT2D eigenvalue weighted by molar-refractivity contribution is 6.03. The smallest absolute Gasteiger partial charge is 0.235 e. The number of piperazine rings is 1. The number of likely N-dealkylation sites (tertiary alicyclic amines) is 1. The molecule has 1 aromatic carbocycles. The Bertz CT molecular complexity index is 761. The van der Waals surface area contributed by atoms with Crippen LogP contribution in [0.4, 0.5) is 0 Å². The molecule has 30 heavy (non-hydrogen) atoms. The summed E-state index contributed by atoms with van der Waals surface area (Å²) in [6, 6.07) is 10.6. The molecule has 2 atom stereocenters. The average Bonchev–Trinajstić information content (AvgIpc) is 2.90. The van der Waals surface area contributed by atoms with E-state index in [1.54, 1.807) is 4.90 Å². The summed E-state index contributed by atoms with van der Waals surface area (Å²) in [5.74, 6) is 0.142. The van der Waals surface area contributed by atoms with Gasteiger partial charge in [-0.1, -0.05) is 51.1 Å². The van der Waals surface area contributed by atoms with Gasteiger partial charge in [-0.25, -0.2) is 0 Å². The van der Waals surface area contributed by atoms with Gasteiger partial charge in [-0.3, -0.25) is 19.4 Å². The summed E-state index contributed by atoms with van der Waals surface area (Å²) in [6.45, 7) is 13.1. The molecule has 5 nitrogen and oxygen atoms in total. The van der Waals surface area contributed by atoms with Crippen molar-refractivity contribution in [3.05, 3.63) is 35.9 Å². The van der Waals surface area contributed by atoms with E-state index in [0.717, 1.165) is 58.5 Å². The Morgan fingerprint density at radius 1 is 0.933 bits per heavy atom. The van der Waals surface area contributed by atoms with Crippen LogP contribution in [0, 0.1) is 16.7 Å². The SMILES string of the molecule is CC12CCC(C(=O)N(CCCN3CCN(Cc4ccccc4)CC3)C1=O)C2(C)C.[Cl-]. The lowest BCUT2D eigenvalue weighted by molar-refractivity contribution is -0.167. The Kier molecular flexibility index (Phi) is 6.95. The second-order valence-corrected chi connectivity index (χ2v) is 9.90. The zero-order valence-corrected chi connectivity index (χ0v) is 19.3. The highest BCUT2D eigenvalue weighted by Crippen LogP contribution is 2.60. The van der Waals surface area contributed by atoms with Crippen LogP contribution in [0.2, 0.25) is 0 Å². The molecule has 2 amide bonds. The van der Waals surface area contributed by atoms with Gasteiger partial charge in [0, 0.05) is 45.2 Å². The van der Waals surface area contributed by atoms with E-state index in [9.17, 15) is 9.59 Å². The van der Waals surface area contributed by atoms with Crippen LogP contribution in [0.3, 0.4) is 0 Å². The lowest BCUT2D eigenvalue weighted by atomic mass is 9.62. The van der Waals surface area contributed by atoms with E-state index in [2.05, 4.69) is 60.9 Å². The summed E-state index contributed by atoms with van der Waals surface area (Å²) < 4.78 is 0. The maximum Gasteiger partial charge on any atom is 0.235 e. The summed E-state index contributed by atoms with van der Waals surface area (Å²) >= 11 is 0. The lowest BCUT2D eigenvalue weighted by Crippen LogP contribution is -3.00. The number of hydrogen-bond acceptors (Lipinski definition) is 4. The highest BCUT2D eigenvalue weighted by Gasteiger charge is 2.64. The van der Waals surface area contributed by atoms with Crippen molar-refractivity contribution in [1.29, 1.82) is 0 Å². The van der Waals surface area contributed by atoms with E-state index in [-0.39, 0.29) is 41.0 Å². The van der Waals surface area contributed by atoms with Crippen molar-refractivity contribution in [2.24, 2.45) is 16.7 Å². The maximum atomic E-state index is 13.1. The molecule has 4 rings (SSSR count). The highest BCUT2D eigenvalue weighted by atomic mass is 35.5. The molecule has 3 aliphatic rings. The van der Waals surface area contributed by atoms with Crippen molar-refractivity contribution in [2.75, 3.05) is 39.3 Å². The van der Waals surface area contributed by atoms with E-state index in [0.29, 0.717) is 6.54 Å². The summed E-state index contributed by atoms with van der Waals surface area (Å²) in [4.78, 5) is 32.6. The lowest BCUT2D eigenvalue weighted by Gasteiger charge is -2.47. The summed E-state index contributed by atoms with van der Waals surface area (Å²) in [5.41, 5.74) is 0.774. The molecule has 0 N–H and O–H groups in total. The van der Waals surface area contributed by atoms with Crippen LogP contribution in [0.15, 0.2) is 30.3 Å². The molecule has 1 aliphatic carbocycles. The van der Waals surface area contributed by atoms with Crippen molar-refractivity contribution < 1.29 is 22.0 Å². The van der Waals surface area contributed by atoms with Crippen molar-refractivity contribution in [3.63, 3.8) is 0 Å². The molecular formula is C24H35ClN3O2-. The maximum absolute atomic E-state index is 13.1. The first-order valence-electron chi connectivity index (χ1n) is 11.2. The van der Waals surface area contributed by atoms with Crippen LogP contribution in [-0.4, -0.2) is 65.8 Å². The molecule has 2 unspecified atom stereocenters. The minimum Gasteiger partial charge on any atom is -1.00 e. The number of carbonyl (C=O) groups excluding carboxylic acids is 2. The predicted octanol–water partition coefficient (Wildman–Crippen LogP) is 0.00960. The van der Waals surface area contributed by atoms with Crippen LogP contribution in [-0.2, 0) is 16.1 Å². The number of amides is 2. The minimum absolute atomic E-state index is 0. The molecule has 2 saturated heterocycles. The van der Waals surface area contributed by atoms with Gasteiger partial charge in [0.15, 0.2) is 0 Å². The quantitative estimate of drug-likeness (QED) is 0.594. The minimum atomic E-state index is -0.380. The first kappa shape index (κ1) is 23.2. The van der Waals surface area contributed by atoms with Crippen molar-refractivity contribution in [3.8, 4) is 0 Å². The first-order valence-corrected chi connectivity index (χ1v) is 11.2. The molecule has 3 fully saturated rings. The van der Waals surface area contributed by atoms with Gasteiger partial charge in [0.1, 0.15) is 0 Å². The van der Waals surface area contributed by atoms with Gasteiger partial charge < -0.3 is 17.3 Å². The monoisotopic (exact) mass is 432 g/mol. The Morgan fingerprint density at radius 2 is 1.57 bits per heavy atom. The van der Waals surface area contributed by atoms with Crippen LogP contribution in [0.1, 0.15) is 45.6 Å². The zero-order valence-electron chi connectivity index (χ0n) is 18.6. The van der Waals surface area contributed by atoms with Gasteiger partial charge in [-0.15, -0.1) is 0 Å². The van der Waals surface area contributed by atoms with Crippen LogP contribution < -0.4 is 12.4 Å². The van der Waals surface area contributed by atoms with Gasteiger partial charge in [0.05, 0.1) is 5.41 Å². The number of halogens is 1. The van der Waals surface area contributed by atoms with E-state index >= 15 is 0 Å². The summed E-state index contributed by atoms with van der Waals surface area (Å²) in [5, 5.41) is 0. The van der Waals surface area contributed by atoms with Crippen molar-refractivity contribution in [2.45, 2.75) is 46.6 Å². The van der Waals surface area contributed by atoms with Gasteiger partial charge >= 0.3 is 0 Å². The molecular weight excluding hydrogens is 398 g/mol. The number of benzene rings is 1. The molecule has 0 spiro atoms. The van der Waals surface area contributed by atoms with Crippen molar-refractivity contribution in [1.82, 2.24) is 14.7 Å². The third kappa shape index (κ3) is 4.04. The molecule has 2 heterocycles. The van der Waals surface area contributed by atoms with E-state index in [4.69, 9.17) is 0 Å². The Labute approximate surface area is 187 Å². The summed E-state index contributed by atoms with van der Waals surface area (Å²) in [6.07, 6.45) is 2.57. The topological polar surface area (TPSA) is 43.9 Å². The molecule has 2 bridgehead atoms. The fourth-order valence-corrected chi connectivity index (χ4v) is 5.58.